The third-order valence-electron chi connectivity index (χ3n) is 5.90. The van der Waals surface area contributed by atoms with Gasteiger partial charge in [-0.05, 0) is 78.6 Å². The molecular weight excluding hydrogens is 404 g/mol. The maximum atomic E-state index is 6.15. The molecule has 0 fully saturated rings. The molecule has 0 spiro atoms. The predicted molar refractivity (Wildman–Crippen MR) is 127 cm³/mol. The van der Waals surface area contributed by atoms with Crippen molar-refractivity contribution in [3.63, 3.8) is 0 Å². The van der Waals surface area contributed by atoms with Gasteiger partial charge >= 0.3 is 0 Å². The first kappa shape index (κ1) is 19.8. The summed E-state index contributed by atoms with van der Waals surface area (Å²) in [5.74, 6) is 0.893. The van der Waals surface area contributed by atoms with Crippen LogP contribution in [0.15, 0.2) is 97.3 Å². The van der Waals surface area contributed by atoms with Crippen molar-refractivity contribution in [2.75, 3.05) is 11.5 Å². The average molecular weight is 429 g/mol. The number of rotatable bonds is 6. The molecule has 0 saturated carbocycles. The van der Waals surface area contributed by atoms with E-state index >= 15 is 0 Å². The van der Waals surface area contributed by atoms with E-state index in [1.807, 2.05) is 24.3 Å². The van der Waals surface area contributed by atoms with Crippen molar-refractivity contribution in [3.05, 3.63) is 113 Å². The summed E-state index contributed by atoms with van der Waals surface area (Å²) in [6.45, 7) is 1.49. The van der Waals surface area contributed by atoms with Crippen LogP contribution in [-0.4, -0.2) is 11.2 Å². The number of nitrogens with zero attached hydrogens (tertiary/aromatic N) is 2. The molecule has 0 saturated heterocycles. The first-order valence-corrected chi connectivity index (χ1v) is 11.1. The molecule has 3 aromatic carbocycles. The molecule has 5 rings (SSSR count). The fraction of sp³-hybridized carbons (Fsp3) is 0.185. The van der Waals surface area contributed by atoms with Gasteiger partial charge in [-0.2, -0.15) is 0 Å². The van der Waals surface area contributed by atoms with Crippen molar-refractivity contribution < 1.29 is 4.74 Å². The number of anilines is 2. The van der Waals surface area contributed by atoms with E-state index < -0.39 is 0 Å². The number of ether oxygens (including phenoxy) is 1. The first-order valence-electron chi connectivity index (χ1n) is 10.7. The van der Waals surface area contributed by atoms with Crippen molar-refractivity contribution in [3.8, 4) is 5.75 Å². The van der Waals surface area contributed by atoms with Crippen LogP contribution in [0.2, 0.25) is 5.02 Å². The fourth-order valence-electron chi connectivity index (χ4n) is 4.36. The van der Waals surface area contributed by atoms with Crippen LogP contribution in [0.5, 0.6) is 5.75 Å². The van der Waals surface area contributed by atoms with Gasteiger partial charge in [-0.3, -0.25) is 0 Å². The van der Waals surface area contributed by atoms with E-state index in [4.69, 9.17) is 16.3 Å². The summed E-state index contributed by atoms with van der Waals surface area (Å²) in [6.07, 6.45) is 6.24. The summed E-state index contributed by atoms with van der Waals surface area (Å²) in [7, 11) is 0. The highest BCUT2D eigenvalue weighted by Crippen LogP contribution is 2.44. The van der Waals surface area contributed by atoms with E-state index in [2.05, 4.69) is 82.5 Å². The van der Waals surface area contributed by atoms with Crippen LogP contribution in [0.3, 0.4) is 0 Å². The van der Waals surface area contributed by atoms with E-state index in [1.165, 1.54) is 22.5 Å². The monoisotopic (exact) mass is 428 g/mol. The van der Waals surface area contributed by atoms with Crippen LogP contribution in [-0.2, 0) is 13.0 Å². The summed E-state index contributed by atoms with van der Waals surface area (Å²) in [4.78, 5) is 2.45. The van der Waals surface area contributed by atoms with Gasteiger partial charge in [-0.15, -0.1) is 0 Å². The Morgan fingerprint density at radius 1 is 0.839 bits per heavy atom. The predicted octanol–water partition coefficient (Wildman–Crippen LogP) is 7.05. The molecule has 3 nitrogen and oxygen atoms in total. The molecule has 0 bridgehead atoms. The lowest BCUT2D eigenvalue weighted by Crippen LogP contribution is -2.29. The summed E-state index contributed by atoms with van der Waals surface area (Å²) >= 11 is 6.15. The summed E-state index contributed by atoms with van der Waals surface area (Å²) < 4.78 is 8.08. The van der Waals surface area contributed by atoms with Gasteiger partial charge in [0.1, 0.15) is 12.4 Å². The Hall–Kier alpha value is -3.17. The number of para-hydroxylation sites is 1. The molecule has 1 aromatic heterocycles. The zero-order valence-electron chi connectivity index (χ0n) is 17.3. The van der Waals surface area contributed by atoms with Crippen LogP contribution in [0.25, 0.3) is 0 Å². The highest BCUT2D eigenvalue weighted by Gasteiger charge is 2.28. The Labute approximate surface area is 188 Å². The minimum atomic E-state index is 0.271. The normalized spacial score (nSPS) is 15.5. The number of aromatic nitrogens is 1. The average Bonchev–Trinajstić information content (AvgIpc) is 3.33. The van der Waals surface area contributed by atoms with E-state index in [0.29, 0.717) is 6.61 Å². The van der Waals surface area contributed by atoms with Gasteiger partial charge < -0.3 is 14.2 Å². The molecule has 0 amide bonds. The van der Waals surface area contributed by atoms with Crippen molar-refractivity contribution in [1.29, 1.82) is 0 Å². The van der Waals surface area contributed by atoms with Crippen LogP contribution in [0.1, 0.15) is 23.6 Å². The molecule has 0 radical (unpaired) electrons. The molecule has 0 aliphatic carbocycles. The van der Waals surface area contributed by atoms with E-state index in [-0.39, 0.29) is 6.04 Å². The summed E-state index contributed by atoms with van der Waals surface area (Å²) in [5, 5.41) is 0.771. The molecule has 4 aromatic rings. The SMILES string of the molecule is Clc1ccc(C2CCc3ccccc3N2c2ccc(OCCn3cccc3)cc2)cc1. The second-order valence-corrected chi connectivity index (χ2v) is 8.30. The Morgan fingerprint density at radius 2 is 1.58 bits per heavy atom. The van der Waals surface area contributed by atoms with Gasteiger partial charge in [-0.1, -0.05) is 41.9 Å². The van der Waals surface area contributed by atoms with E-state index in [0.717, 1.165) is 30.2 Å². The van der Waals surface area contributed by atoms with Gasteiger partial charge in [0.2, 0.25) is 0 Å². The Bertz CT molecular complexity index is 1120. The van der Waals surface area contributed by atoms with Crippen molar-refractivity contribution >= 4 is 23.0 Å². The fourth-order valence-corrected chi connectivity index (χ4v) is 4.48. The van der Waals surface area contributed by atoms with Crippen molar-refractivity contribution in [2.24, 2.45) is 0 Å². The zero-order valence-corrected chi connectivity index (χ0v) is 18.1. The molecule has 1 aliphatic heterocycles. The second-order valence-electron chi connectivity index (χ2n) is 7.87. The van der Waals surface area contributed by atoms with Gasteiger partial charge in [0.25, 0.3) is 0 Å². The lowest BCUT2D eigenvalue weighted by atomic mass is 9.90. The molecule has 31 heavy (non-hydrogen) atoms. The van der Waals surface area contributed by atoms with E-state index in [9.17, 15) is 0 Å². The molecule has 0 N–H and O–H groups in total. The lowest BCUT2D eigenvalue weighted by Gasteiger charge is -2.39. The van der Waals surface area contributed by atoms with Crippen LogP contribution in [0, 0.1) is 0 Å². The minimum absolute atomic E-state index is 0.271. The molecular formula is C27H25ClN2O. The van der Waals surface area contributed by atoms with Gasteiger partial charge in [0.15, 0.2) is 0 Å². The summed E-state index contributed by atoms with van der Waals surface area (Å²) in [6, 6.07) is 29.8. The number of fused-ring (bicyclic) bond motifs is 1. The largest absolute Gasteiger partial charge is 0.492 e. The van der Waals surface area contributed by atoms with E-state index in [1.54, 1.807) is 0 Å². The highest BCUT2D eigenvalue weighted by molar-refractivity contribution is 6.30. The number of hydrogen-bond donors (Lipinski definition) is 0. The first-order chi connectivity index (χ1) is 15.3. The number of aryl methyl sites for hydroxylation is 1. The maximum Gasteiger partial charge on any atom is 0.119 e. The Balaban J connectivity index is 1.40. The maximum absolute atomic E-state index is 6.15. The standard InChI is InChI=1S/C27H25ClN2O/c28-23-10-7-22(8-11-23)27-16-9-21-5-1-2-6-26(21)30(27)24-12-14-25(15-13-24)31-20-19-29-17-3-4-18-29/h1-8,10-15,17-18,27H,9,16,19-20H2. The van der Waals surface area contributed by atoms with Gasteiger partial charge in [-0.25, -0.2) is 0 Å². The quantitative estimate of drug-likeness (QED) is 0.327. The van der Waals surface area contributed by atoms with Crippen LogP contribution in [0.4, 0.5) is 11.4 Å². The highest BCUT2D eigenvalue weighted by atomic mass is 35.5. The number of hydrogen-bond acceptors (Lipinski definition) is 2. The molecule has 1 unspecified atom stereocenters. The smallest absolute Gasteiger partial charge is 0.119 e. The Kier molecular flexibility index (Phi) is 5.68. The molecule has 156 valence electrons. The minimum Gasteiger partial charge on any atom is -0.492 e. The van der Waals surface area contributed by atoms with Gasteiger partial charge in [0, 0.05) is 28.8 Å². The zero-order chi connectivity index (χ0) is 21.0. The molecule has 2 heterocycles. The molecule has 1 aliphatic rings. The molecule has 1 atom stereocenters. The summed E-state index contributed by atoms with van der Waals surface area (Å²) in [5.41, 5.74) is 5.12. The third-order valence-corrected chi connectivity index (χ3v) is 6.16. The van der Waals surface area contributed by atoms with Crippen LogP contribution >= 0.6 is 11.6 Å². The van der Waals surface area contributed by atoms with Crippen molar-refractivity contribution in [2.45, 2.75) is 25.4 Å². The number of benzene rings is 3. The Morgan fingerprint density at radius 3 is 2.35 bits per heavy atom. The lowest BCUT2D eigenvalue weighted by molar-refractivity contribution is 0.298. The second kappa shape index (κ2) is 8.91. The third kappa shape index (κ3) is 4.33. The van der Waals surface area contributed by atoms with Crippen molar-refractivity contribution in [1.82, 2.24) is 4.57 Å². The van der Waals surface area contributed by atoms with Crippen LogP contribution < -0.4 is 9.64 Å². The number of halogens is 1. The van der Waals surface area contributed by atoms with Gasteiger partial charge in [0.05, 0.1) is 12.6 Å². The molecule has 4 heteroatoms. The topological polar surface area (TPSA) is 17.4 Å².